The summed E-state index contributed by atoms with van der Waals surface area (Å²) in [5, 5.41) is 4.50. The maximum atomic E-state index is 12.5. The molecule has 142 valence electrons. The van der Waals surface area contributed by atoms with Gasteiger partial charge in [0.1, 0.15) is 0 Å². The average Bonchev–Trinajstić information content (AvgIpc) is 3.17. The van der Waals surface area contributed by atoms with Crippen LogP contribution in [0.25, 0.3) is 0 Å². The van der Waals surface area contributed by atoms with Gasteiger partial charge in [-0.3, -0.25) is 4.79 Å². The van der Waals surface area contributed by atoms with Gasteiger partial charge in [-0.1, -0.05) is 48.2 Å². The highest BCUT2D eigenvalue weighted by Gasteiger charge is 2.28. The van der Waals surface area contributed by atoms with Gasteiger partial charge in [0.05, 0.1) is 0 Å². The van der Waals surface area contributed by atoms with Crippen molar-refractivity contribution < 1.29 is 4.79 Å². The summed E-state index contributed by atoms with van der Waals surface area (Å²) < 4.78 is 0. The quantitative estimate of drug-likeness (QED) is 0.713. The molecule has 3 nitrogen and oxygen atoms in total. The zero-order valence-electron chi connectivity index (χ0n) is 15.5. The fourth-order valence-electron chi connectivity index (χ4n) is 4.40. The molecule has 1 heterocycles. The number of hydrogen-bond acceptors (Lipinski definition) is 2. The molecule has 1 atom stereocenters. The van der Waals surface area contributed by atoms with Crippen molar-refractivity contribution in [2.75, 3.05) is 18.9 Å². The number of nitrogens with one attached hydrogen (secondary N) is 1. The SMILES string of the molecule is CN1Cc2c(Cl)cc(Cl)cc2C(c2cccc(NC(=O)C3CCCC3)c2)C1. The number of benzene rings is 2. The number of anilines is 1. The van der Waals surface area contributed by atoms with E-state index >= 15 is 0 Å². The topological polar surface area (TPSA) is 32.3 Å². The smallest absolute Gasteiger partial charge is 0.227 e. The number of hydrogen-bond donors (Lipinski definition) is 1. The van der Waals surface area contributed by atoms with Gasteiger partial charge in [-0.15, -0.1) is 0 Å². The van der Waals surface area contributed by atoms with E-state index in [1.807, 2.05) is 24.3 Å². The molecule has 1 fully saturated rings. The van der Waals surface area contributed by atoms with E-state index < -0.39 is 0 Å². The molecule has 1 aliphatic carbocycles. The van der Waals surface area contributed by atoms with Gasteiger partial charge < -0.3 is 10.2 Å². The molecule has 27 heavy (non-hydrogen) atoms. The molecule has 1 amide bonds. The van der Waals surface area contributed by atoms with Crippen LogP contribution >= 0.6 is 23.2 Å². The highest BCUT2D eigenvalue weighted by Crippen LogP contribution is 2.39. The van der Waals surface area contributed by atoms with Gasteiger partial charge in [-0.2, -0.15) is 0 Å². The fourth-order valence-corrected chi connectivity index (χ4v) is 4.96. The number of carbonyl (C=O) groups is 1. The van der Waals surface area contributed by atoms with Crippen LogP contribution in [-0.4, -0.2) is 24.4 Å². The molecule has 1 aliphatic heterocycles. The Kier molecular flexibility index (Phi) is 5.45. The minimum Gasteiger partial charge on any atom is -0.326 e. The Morgan fingerprint density at radius 1 is 1.15 bits per heavy atom. The molecule has 0 spiro atoms. The molecule has 1 N–H and O–H groups in total. The lowest BCUT2D eigenvalue weighted by atomic mass is 9.84. The van der Waals surface area contributed by atoms with Crippen molar-refractivity contribution in [3.8, 4) is 0 Å². The number of rotatable bonds is 3. The Labute approximate surface area is 170 Å². The first-order valence-corrected chi connectivity index (χ1v) is 10.3. The van der Waals surface area contributed by atoms with Crippen molar-refractivity contribution in [1.29, 1.82) is 0 Å². The molecule has 2 aromatic rings. The number of amides is 1. The third-order valence-electron chi connectivity index (χ3n) is 5.77. The third-order valence-corrected chi connectivity index (χ3v) is 6.33. The first-order valence-electron chi connectivity index (χ1n) is 9.58. The molecule has 4 rings (SSSR count). The van der Waals surface area contributed by atoms with E-state index in [2.05, 4.69) is 29.4 Å². The minimum absolute atomic E-state index is 0.150. The fraction of sp³-hybridized carbons (Fsp3) is 0.409. The van der Waals surface area contributed by atoms with E-state index in [0.29, 0.717) is 5.02 Å². The molecule has 5 heteroatoms. The van der Waals surface area contributed by atoms with Crippen LogP contribution in [0, 0.1) is 5.92 Å². The van der Waals surface area contributed by atoms with Crippen LogP contribution in [0.1, 0.15) is 48.3 Å². The number of carbonyl (C=O) groups excluding carboxylic acids is 1. The van der Waals surface area contributed by atoms with E-state index in [1.165, 1.54) is 11.1 Å². The summed E-state index contributed by atoms with van der Waals surface area (Å²) in [5.74, 6) is 0.489. The lowest BCUT2D eigenvalue weighted by Gasteiger charge is -2.33. The molecule has 2 aromatic carbocycles. The van der Waals surface area contributed by atoms with E-state index in [-0.39, 0.29) is 17.7 Å². The van der Waals surface area contributed by atoms with Crippen LogP contribution in [0.4, 0.5) is 5.69 Å². The maximum absolute atomic E-state index is 12.5. The lowest BCUT2D eigenvalue weighted by molar-refractivity contribution is -0.119. The number of fused-ring (bicyclic) bond motifs is 1. The van der Waals surface area contributed by atoms with Gasteiger partial charge in [-0.05, 0) is 60.8 Å². The third kappa shape index (κ3) is 4.01. The monoisotopic (exact) mass is 402 g/mol. The van der Waals surface area contributed by atoms with E-state index in [0.717, 1.165) is 55.0 Å². The molecule has 0 bridgehead atoms. The molecule has 2 aliphatic rings. The predicted molar refractivity (Wildman–Crippen MR) is 112 cm³/mol. The van der Waals surface area contributed by atoms with Gasteiger partial charge in [0.15, 0.2) is 0 Å². The van der Waals surface area contributed by atoms with Crippen molar-refractivity contribution in [2.45, 2.75) is 38.1 Å². The van der Waals surface area contributed by atoms with Crippen molar-refractivity contribution in [1.82, 2.24) is 4.90 Å². The first-order chi connectivity index (χ1) is 13.0. The average molecular weight is 403 g/mol. The van der Waals surface area contributed by atoms with Crippen LogP contribution in [0.15, 0.2) is 36.4 Å². The van der Waals surface area contributed by atoms with Crippen molar-refractivity contribution in [3.63, 3.8) is 0 Å². The first kappa shape index (κ1) is 18.8. The highest BCUT2D eigenvalue weighted by atomic mass is 35.5. The summed E-state index contributed by atoms with van der Waals surface area (Å²) in [5.41, 5.74) is 4.36. The summed E-state index contributed by atoms with van der Waals surface area (Å²) in [7, 11) is 2.10. The summed E-state index contributed by atoms with van der Waals surface area (Å²) in [6.07, 6.45) is 4.32. The van der Waals surface area contributed by atoms with Crippen LogP contribution in [0.2, 0.25) is 10.0 Å². The zero-order chi connectivity index (χ0) is 19.0. The molecular formula is C22H24Cl2N2O. The predicted octanol–water partition coefficient (Wildman–Crippen LogP) is 5.70. The second kappa shape index (κ2) is 7.83. The van der Waals surface area contributed by atoms with E-state index in [4.69, 9.17) is 23.2 Å². The van der Waals surface area contributed by atoms with Gasteiger partial charge in [0.25, 0.3) is 0 Å². The second-order valence-corrected chi connectivity index (χ2v) is 8.64. The number of likely N-dealkylation sites (N-methyl/N-ethyl adjacent to an activating group) is 1. The summed E-state index contributed by atoms with van der Waals surface area (Å²) in [6, 6.07) is 12.0. The molecule has 0 aromatic heterocycles. The largest absolute Gasteiger partial charge is 0.326 e. The van der Waals surface area contributed by atoms with Gasteiger partial charge in [0.2, 0.25) is 5.91 Å². The van der Waals surface area contributed by atoms with Crippen LogP contribution < -0.4 is 5.32 Å². The van der Waals surface area contributed by atoms with Gasteiger partial charge in [-0.25, -0.2) is 0 Å². The zero-order valence-corrected chi connectivity index (χ0v) is 17.0. The summed E-state index contributed by atoms with van der Waals surface area (Å²) >= 11 is 12.8. The van der Waals surface area contributed by atoms with Crippen LogP contribution in [-0.2, 0) is 11.3 Å². The maximum Gasteiger partial charge on any atom is 0.227 e. The van der Waals surface area contributed by atoms with Crippen LogP contribution in [0.3, 0.4) is 0 Å². The van der Waals surface area contributed by atoms with Crippen molar-refractivity contribution in [3.05, 3.63) is 63.1 Å². The molecule has 0 radical (unpaired) electrons. The van der Waals surface area contributed by atoms with Crippen LogP contribution in [0.5, 0.6) is 0 Å². The molecular weight excluding hydrogens is 379 g/mol. The summed E-state index contributed by atoms with van der Waals surface area (Å²) in [6.45, 7) is 1.71. The number of nitrogens with zero attached hydrogens (tertiary/aromatic N) is 1. The Balaban J connectivity index is 1.63. The van der Waals surface area contributed by atoms with Gasteiger partial charge in [0, 0.05) is 40.7 Å². The van der Waals surface area contributed by atoms with Gasteiger partial charge >= 0.3 is 0 Å². The van der Waals surface area contributed by atoms with Crippen molar-refractivity contribution >= 4 is 34.8 Å². The Morgan fingerprint density at radius 2 is 1.93 bits per heavy atom. The van der Waals surface area contributed by atoms with Crippen molar-refractivity contribution in [2.24, 2.45) is 5.92 Å². The normalized spacial score (nSPS) is 20.5. The summed E-state index contributed by atoms with van der Waals surface area (Å²) in [4.78, 5) is 14.8. The van der Waals surface area contributed by atoms with E-state index in [9.17, 15) is 4.79 Å². The highest BCUT2D eigenvalue weighted by molar-refractivity contribution is 6.35. The lowest BCUT2D eigenvalue weighted by Crippen LogP contribution is -2.31. The minimum atomic E-state index is 0.150. The Bertz CT molecular complexity index is 861. The second-order valence-electron chi connectivity index (χ2n) is 7.80. The Hall–Kier alpha value is -1.55. The standard InChI is InChI=1S/C22H24Cl2N2O/c1-26-12-19(18-10-16(23)11-21(24)20(18)13-26)15-7-4-8-17(9-15)25-22(27)14-5-2-3-6-14/h4,7-11,14,19H,2-3,5-6,12-13H2,1H3,(H,25,27). The molecule has 1 unspecified atom stereocenters. The molecule has 1 saturated carbocycles. The number of halogens is 2. The Morgan fingerprint density at radius 3 is 2.70 bits per heavy atom. The molecule has 0 saturated heterocycles. The van der Waals surface area contributed by atoms with E-state index in [1.54, 1.807) is 0 Å².